The van der Waals surface area contributed by atoms with Gasteiger partial charge in [0.25, 0.3) is 0 Å². The molecule has 0 fully saturated rings. The van der Waals surface area contributed by atoms with Gasteiger partial charge in [0.05, 0.1) is 11.9 Å². The molecule has 21 heavy (non-hydrogen) atoms. The number of pyridine rings is 2. The van der Waals surface area contributed by atoms with Gasteiger partial charge in [-0.3, -0.25) is 4.98 Å². The maximum absolute atomic E-state index is 6.31. The molecule has 1 atom stereocenters. The molecule has 3 aromatic heterocycles. The molecule has 4 nitrogen and oxygen atoms in total. The Balaban J connectivity index is 2.19. The quantitative estimate of drug-likeness (QED) is 0.691. The molecule has 0 saturated carbocycles. The van der Waals surface area contributed by atoms with E-state index in [0.717, 1.165) is 28.1 Å². The lowest BCUT2D eigenvalue weighted by atomic mass is 10.1. The zero-order valence-electron chi connectivity index (χ0n) is 12.3. The van der Waals surface area contributed by atoms with Gasteiger partial charge in [0.15, 0.2) is 5.65 Å². The van der Waals surface area contributed by atoms with Gasteiger partial charge in [0, 0.05) is 18.6 Å². The van der Waals surface area contributed by atoms with Gasteiger partial charge in [0.1, 0.15) is 11.3 Å². The van der Waals surface area contributed by atoms with E-state index < -0.39 is 0 Å². The number of imidazole rings is 1. The van der Waals surface area contributed by atoms with E-state index in [9.17, 15) is 0 Å². The number of aryl methyl sites for hydroxylation is 2. The Kier molecular flexibility index (Phi) is 3.64. The second-order valence-corrected chi connectivity index (χ2v) is 5.93. The van der Waals surface area contributed by atoms with Gasteiger partial charge in [-0.2, -0.15) is 0 Å². The lowest BCUT2D eigenvalue weighted by Crippen LogP contribution is -2.07. The van der Waals surface area contributed by atoms with Crippen molar-refractivity contribution in [3.05, 3.63) is 53.2 Å². The molecule has 0 spiro atoms. The van der Waals surface area contributed by atoms with Crippen molar-refractivity contribution in [3.8, 4) is 0 Å². The Bertz CT molecular complexity index is 792. The first kappa shape index (κ1) is 14.0. The van der Waals surface area contributed by atoms with Crippen LogP contribution in [0.2, 0.25) is 0 Å². The topological polar surface area (TPSA) is 43.6 Å². The van der Waals surface area contributed by atoms with Crippen LogP contribution in [-0.2, 0) is 6.54 Å². The minimum Gasteiger partial charge on any atom is -0.307 e. The molecule has 0 radical (unpaired) electrons. The first-order valence-corrected chi connectivity index (χ1v) is 7.37. The third-order valence-corrected chi connectivity index (χ3v) is 3.88. The van der Waals surface area contributed by atoms with Crippen molar-refractivity contribution in [2.75, 3.05) is 0 Å². The summed E-state index contributed by atoms with van der Waals surface area (Å²) in [5.41, 5.74) is 5.27. The minimum absolute atomic E-state index is 0.166. The monoisotopic (exact) mass is 300 g/mol. The van der Waals surface area contributed by atoms with Gasteiger partial charge in [-0.25, -0.2) is 9.97 Å². The summed E-state index contributed by atoms with van der Waals surface area (Å²) in [5, 5.41) is -0.166. The molecule has 0 bridgehead atoms. The Morgan fingerprint density at radius 3 is 2.71 bits per heavy atom. The fourth-order valence-electron chi connectivity index (χ4n) is 2.46. The highest BCUT2D eigenvalue weighted by Gasteiger charge is 2.17. The Labute approximate surface area is 128 Å². The average molecular weight is 301 g/mol. The number of hydrogen-bond acceptors (Lipinski definition) is 3. The molecule has 0 amide bonds. The van der Waals surface area contributed by atoms with Crippen LogP contribution in [0.5, 0.6) is 0 Å². The molecule has 3 rings (SSSR count). The number of alkyl halides is 1. The highest BCUT2D eigenvalue weighted by molar-refractivity contribution is 6.20. The number of aromatic nitrogens is 4. The van der Waals surface area contributed by atoms with Crippen molar-refractivity contribution in [3.63, 3.8) is 0 Å². The molecule has 1 unspecified atom stereocenters. The predicted octanol–water partition coefficient (Wildman–Crippen LogP) is 3.79. The largest absolute Gasteiger partial charge is 0.307 e. The summed E-state index contributed by atoms with van der Waals surface area (Å²) >= 11 is 6.31. The molecular formula is C16H17ClN4. The number of halogens is 1. The van der Waals surface area contributed by atoms with E-state index >= 15 is 0 Å². The molecule has 108 valence electrons. The molecule has 0 saturated heterocycles. The molecular weight excluding hydrogens is 284 g/mol. The fraction of sp³-hybridized carbons (Fsp3) is 0.312. The van der Waals surface area contributed by atoms with Gasteiger partial charge in [-0.05, 0) is 49.6 Å². The van der Waals surface area contributed by atoms with Gasteiger partial charge in [0.2, 0.25) is 0 Å². The van der Waals surface area contributed by atoms with Crippen molar-refractivity contribution in [1.29, 1.82) is 0 Å². The predicted molar refractivity (Wildman–Crippen MR) is 84.6 cm³/mol. The lowest BCUT2D eigenvalue weighted by Gasteiger charge is -2.11. The zero-order chi connectivity index (χ0) is 15.0. The maximum Gasteiger partial charge on any atom is 0.160 e. The number of hydrogen-bond donors (Lipinski definition) is 0. The molecule has 3 heterocycles. The van der Waals surface area contributed by atoms with Gasteiger partial charge >= 0.3 is 0 Å². The van der Waals surface area contributed by atoms with E-state index in [1.54, 1.807) is 0 Å². The lowest BCUT2D eigenvalue weighted by molar-refractivity contribution is 0.732. The Hall–Kier alpha value is -1.94. The second-order valence-electron chi connectivity index (χ2n) is 5.27. The van der Waals surface area contributed by atoms with E-state index in [1.807, 2.05) is 44.6 Å². The molecule has 0 aliphatic carbocycles. The summed E-state index contributed by atoms with van der Waals surface area (Å²) in [6.45, 7) is 6.74. The van der Waals surface area contributed by atoms with Crippen LogP contribution in [0.3, 0.4) is 0 Å². The van der Waals surface area contributed by atoms with Crippen LogP contribution in [-0.4, -0.2) is 19.5 Å². The summed E-state index contributed by atoms with van der Waals surface area (Å²) in [5.74, 6) is 0.852. The van der Waals surface area contributed by atoms with Crippen LogP contribution < -0.4 is 0 Å². The van der Waals surface area contributed by atoms with Gasteiger partial charge in [-0.15, -0.1) is 11.6 Å². The van der Waals surface area contributed by atoms with E-state index in [1.165, 1.54) is 5.56 Å². The van der Waals surface area contributed by atoms with Crippen LogP contribution in [0.25, 0.3) is 11.2 Å². The normalized spacial score (nSPS) is 12.8. The second kappa shape index (κ2) is 5.45. The Morgan fingerprint density at radius 1 is 1.19 bits per heavy atom. The SMILES string of the molecule is Cc1cnccc1Cn1c(C(C)Cl)nc2c(C)ccnc21. The van der Waals surface area contributed by atoms with Crippen molar-refractivity contribution < 1.29 is 0 Å². The van der Waals surface area contributed by atoms with E-state index in [-0.39, 0.29) is 5.38 Å². The Morgan fingerprint density at radius 2 is 2.00 bits per heavy atom. The van der Waals surface area contributed by atoms with E-state index in [2.05, 4.69) is 21.5 Å². The number of rotatable bonds is 3. The minimum atomic E-state index is -0.166. The van der Waals surface area contributed by atoms with Gasteiger partial charge in [-0.1, -0.05) is 0 Å². The van der Waals surface area contributed by atoms with Crippen molar-refractivity contribution in [2.45, 2.75) is 32.7 Å². The van der Waals surface area contributed by atoms with Gasteiger partial charge < -0.3 is 4.57 Å². The smallest absolute Gasteiger partial charge is 0.160 e. The average Bonchev–Trinajstić information content (AvgIpc) is 2.82. The van der Waals surface area contributed by atoms with E-state index in [4.69, 9.17) is 16.6 Å². The molecule has 0 N–H and O–H groups in total. The molecule has 3 aromatic rings. The van der Waals surface area contributed by atoms with Crippen LogP contribution in [0.15, 0.2) is 30.7 Å². The number of nitrogens with zero attached hydrogens (tertiary/aromatic N) is 4. The van der Waals surface area contributed by atoms with Crippen LogP contribution in [0.4, 0.5) is 0 Å². The maximum atomic E-state index is 6.31. The summed E-state index contributed by atoms with van der Waals surface area (Å²) in [4.78, 5) is 13.3. The summed E-state index contributed by atoms with van der Waals surface area (Å²) in [7, 11) is 0. The van der Waals surface area contributed by atoms with Crippen molar-refractivity contribution in [1.82, 2.24) is 19.5 Å². The molecule has 0 aliphatic heterocycles. The fourth-order valence-corrected chi connectivity index (χ4v) is 2.63. The molecule has 0 aliphatic rings. The van der Waals surface area contributed by atoms with Crippen LogP contribution >= 0.6 is 11.6 Å². The van der Waals surface area contributed by atoms with Crippen molar-refractivity contribution >= 4 is 22.8 Å². The zero-order valence-corrected chi connectivity index (χ0v) is 13.1. The highest BCUT2D eigenvalue weighted by Crippen LogP contribution is 2.26. The third-order valence-electron chi connectivity index (χ3n) is 3.69. The van der Waals surface area contributed by atoms with Crippen molar-refractivity contribution in [2.24, 2.45) is 0 Å². The standard InChI is InChI=1S/C16H17ClN4/c1-10-4-7-19-16-14(10)20-15(12(3)17)21(16)9-13-5-6-18-8-11(13)2/h4-8,12H,9H2,1-3H3. The third kappa shape index (κ3) is 2.51. The molecule has 5 heteroatoms. The summed E-state index contributed by atoms with van der Waals surface area (Å²) in [6, 6.07) is 4.00. The number of fused-ring (bicyclic) bond motifs is 1. The highest BCUT2D eigenvalue weighted by atomic mass is 35.5. The summed E-state index contributed by atoms with van der Waals surface area (Å²) in [6.07, 6.45) is 5.50. The first-order valence-electron chi connectivity index (χ1n) is 6.93. The van der Waals surface area contributed by atoms with Crippen LogP contribution in [0, 0.1) is 13.8 Å². The first-order chi connectivity index (χ1) is 10.1. The van der Waals surface area contributed by atoms with Crippen LogP contribution in [0.1, 0.15) is 34.8 Å². The summed E-state index contributed by atoms with van der Waals surface area (Å²) < 4.78 is 2.10. The molecule has 0 aromatic carbocycles. The van der Waals surface area contributed by atoms with E-state index in [0.29, 0.717) is 6.54 Å².